The van der Waals surface area contributed by atoms with E-state index in [0.717, 1.165) is 19.4 Å². The van der Waals surface area contributed by atoms with Crippen molar-refractivity contribution < 1.29 is 23.8 Å². The number of hydrogen-bond donors (Lipinski definition) is 1. The van der Waals surface area contributed by atoms with Crippen molar-refractivity contribution in [2.45, 2.75) is 45.3 Å². The van der Waals surface area contributed by atoms with E-state index in [-0.39, 0.29) is 12.7 Å². The van der Waals surface area contributed by atoms with E-state index >= 15 is 0 Å². The first-order valence-corrected chi connectivity index (χ1v) is 7.72. The molecule has 1 aliphatic rings. The zero-order valence-electron chi connectivity index (χ0n) is 13.8. The third kappa shape index (κ3) is 5.90. The van der Waals surface area contributed by atoms with Crippen LogP contribution in [-0.2, 0) is 14.2 Å². The number of amides is 1. The number of ether oxygens (including phenoxy) is 3. The molecule has 1 heterocycles. The van der Waals surface area contributed by atoms with Crippen molar-refractivity contribution in [3.63, 3.8) is 0 Å². The maximum absolute atomic E-state index is 11.9. The van der Waals surface area contributed by atoms with Crippen molar-refractivity contribution in [1.29, 1.82) is 0 Å². The summed E-state index contributed by atoms with van der Waals surface area (Å²) in [5, 5.41) is 2.61. The van der Waals surface area contributed by atoms with Crippen LogP contribution in [0.1, 0.15) is 44.0 Å². The third-order valence-corrected chi connectivity index (χ3v) is 3.19. The van der Waals surface area contributed by atoms with Gasteiger partial charge in [0.25, 0.3) is 0 Å². The van der Waals surface area contributed by atoms with E-state index in [2.05, 4.69) is 5.32 Å². The predicted octanol–water partition coefficient (Wildman–Crippen LogP) is 3.37. The highest BCUT2D eigenvalue weighted by Crippen LogP contribution is 2.16. The van der Waals surface area contributed by atoms with Crippen LogP contribution >= 0.6 is 0 Å². The van der Waals surface area contributed by atoms with E-state index in [9.17, 15) is 9.59 Å². The fourth-order valence-electron chi connectivity index (χ4n) is 2.13. The van der Waals surface area contributed by atoms with Crippen molar-refractivity contribution in [1.82, 2.24) is 0 Å². The van der Waals surface area contributed by atoms with Gasteiger partial charge in [0.1, 0.15) is 12.2 Å². The molecule has 6 heteroatoms. The number of benzene rings is 1. The number of nitrogens with one attached hydrogen (secondary N) is 1. The van der Waals surface area contributed by atoms with E-state index < -0.39 is 17.7 Å². The highest BCUT2D eigenvalue weighted by atomic mass is 16.6. The Morgan fingerprint density at radius 2 is 1.96 bits per heavy atom. The summed E-state index contributed by atoms with van der Waals surface area (Å²) in [5.41, 5.74) is 0.438. The molecule has 23 heavy (non-hydrogen) atoms. The zero-order chi connectivity index (χ0) is 16.9. The molecule has 1 N–H and O–H groups in total. The fourth-order valence-corrected chi connectivity index (χ4v) is 2.13. The minimum absolute atomic E-state index is 0.00436. The first kappa shape index (κ1) is 17.3. The smallest absolute Gasteiger partial charge is 0.411 e. The Kier molecular flexibility index (Phi) is 5.60. The lowest BCUT2D eigenvalue weighted by molar-refractivity contribution is 0.00695. The number of esters is 1. The Labute approximate surface area is 136 Å². The van der Waals surface area contributed by atoms with Crippen molar-refractivity contribution in [3.8, 4) is 0 Å². The lowest BCUT2D eigenvalue weighted by Crippen LogP contribution is -2.24. The summed E-state index contributed by atoms with van der Waals surface area (Å²) in [6.45, 7) is 6.41. The zero-order valence-corrected chi connectivity index (χ0v) is 13.8. The van der Waals surface area contributed by atoms with Gasteiger partial charge in [-0.2, -0.15) is 0 Å². The molecule has 1 unspecified atom stereocenters. The number of anilines is 1. The molecule has 0 aromatic heterocycles. The Bertz CT molecular complexity index is 541. The summed E-state index contributed by atoms with van der Waals surface area (Å²) < 4.78 is 15.8. The third-order valence-electron chi connectivity index (χ3n) is 3.19. The summed E-state index contributed by atoms with van der Waals surface area (Å²) in [4.78, 5) is 23.6. The van der Waals surface area contributed by atoms with Crippen LogP contribution in [0.3, 0.4) is 0 Å². The number of carbonyl (C=O) groups excluding carboxylic acids is 2. The van der Waals surface area contributed by atoms with E-state index in [4.69, 9.17) is 14.2 Å². The van der Waals surface area contributed by atoms with Crippen LogP contribution in [-0.4, -0.2) is 37.0 Å². The van der Waals surface area contributed by atoms with Gasteiger partial charge in [0, 0.05) is 12.3 Å². The fraction of sp³-hybridized carbons (Fsp3) is 0.529. The minimum atomic E-state index is -0.542. The lowest BCUT2D eigenvalue weighted by Gasteiger charge is -2.19. The molecule has 0 spiro atoms. The van der Waals surface area contributed by atoms with Crippen LogP contribution < -0.4 is 5.32 Å². The normalized spacial score (nSPS) is 17.6. The van der Waals surface area contributed by atoms with Crippen LogP contribution in [0.25, 0.3) is 0 Å². The maximum Gasteiger partial charge on any atom is 0.411 e. The molecule has 1 fully saturated rings. The predicted molar refractivity (Wildman–Crippen MR) is 85.6 cm³/mol. The minimum Gasteiger partial charge on any atom is -0.456 e. The SMILES string of the molecule is CC(C)(C)OC(=O)c1ccc(NC(=O)OCC2CCCO2)cc1. The van der Waals surface area contributed by atoms with Crippen LogP contribution in [0.2, 0.25) is 0 Å². The summed E-state index contributed by atoms with van der Waals surface area (Å²) >= 11 is 0. The van der Waals surface area contributed by atoms with Gasteiger partial charge in [-0.05, 0) is 57.9 Å². The maximum atomic E-state index is 11.9. The van der Waals surface area contributed by atoms with Gasteiger partial charge in [-0.25, -0.2) is 9.59 Å². The Hall–Kier alpha value is -2.08. The number of rotatable bonds is 4. The van der Waals surface area contributed by atoms with Crippen molar-refractivity contribution in [2.75, 3.05) is 18.5 Å². The molecule has 0 radical (unpaired) electrons. The van der Waals surface area contributed by atoms with Gasteiger partial charge in [0.2, 0.25) is 0 Å². The lowest BCUT2D eigenvalue weighted by atomic mass is 10.1. The summed E-state index contributed by atoms with van der Waals surface area (Å²) in [6.07, 6.45) is 1.38. The molecule has 1 aliphatic heterocycles. The molecule has 1 amide bonds. The molecule has 0 aliphatic carbocycles. The second-order valence-corrected chi connectivity index (χ2v) is 6.44. The standard InChI is InChI=1S/C17H23NO5/c1-17(2,3)23-15(19)12-6-8-13(9-7-12)18-16(20)22-11-14-5-4-10-21-14/h6-9,14H,4-5,10-11H2,1-3H3,(H,18,20). The van der Waals surface area contributed by atoms with Crippen LogP contribution in [0.4, 0.5) is 10.5 Å². The largest absolute Gasteiger partial charge is 0.456 e. The second-order valence-electron chi connectivity index (χ2n) is 6.44. The molecule has 126 valence electrons. The van der Waals surface area contributed by atoms with E-state index in [0.29, 0.717) is 11.3 Å². The molecule has 1 saturated heterocycles. The highest BCUT2D eigenvalue weighted by Gasteiger charge is 2.19. The number of hydrogen-bond acceptors (Lipinski definition) is 5. The highest BCUT2D eigenvalue weighted by molar-refractivity contribution is 5.91. The van der Waals surface area contributed by atoms with Gasteiger partial charge in [0.05, 0.1) is 11.7 Å². The van der Waals surface area contributed by atoms with Crippen molar-refractivity contribution in [2.24, 2.45) is 0 Å². The molecule has 2 rings (SSSR count). The van der Waals surface area contributed by atoms with E-state index in [1.54, 1.807) is 24.3 Å². The van der Waals surface area contributed by atoms with Crippen LogP contribution in [0, 0.1) is 0 Å². The van der Waals surface area contributed by atoms with Gasteiger partial charge >= 0.3 is 12.1 Å². The van der Waals surface area contributed by atoms with Crippen molar-refractivity contribution >= 4 is 17.7 Å². The molecule has 0 bridgehead atoms. The van der Waals surface area contributed by atoms with Crippen molar-refractivity contribution in [3.05, 3.63) is 29.8 Å². The van der Waals surface area contributed by atoms with Gasteiger partial charge in [0.15, 0.2) is 0 Å². The summed E-state index contributed by atoms with van der Waals surface area (Å²) in [6, 6.07) is 6.46. The second kappa shape index (κ2) is 7.46. The average Bonchev–Trinajstić information content (AvgIpc) is 2.97. The molecular formula is C17H23NO5. The van der Waals surface area contributed by atoms with Gasteiger partial charge < -0.3 is 14.2 Å². The first-order valence-electron chi connectivity index (χ1n) is 7.72. The number of carbonyl (C=O) groups is 2. The van der Waals surface area contributed by atoms with Gasteiger partial charge in [-0.1, -0.05) is 0 Å². The quantitative estimate of drug-likeness (QED) is 0.861. The van der Waals surface area contributed by atoms with E-state index in [1.807, 2.05) is 20.8 Å². The molecule has 1 aromatic carbocycles. The molecule has 1 aromatic rings. The monoisotopic (exact) mass is 321 g/mol. The summed E-state index contributed by atoms with van der Waals surface area (Å²) in [5.74, 6) is -0.398. The average molecular weight is 321 g/mol. The summed E-state index contributed by atoms with van der Waals surface area (Å²) in [7, 11) is 0. The topological polar surface area (TPSA) is 73.9 Å². The first-order chi connectivity index (χ1) is 10.8. The Morgan fingerprint density at radius 1 is 1.26 bits per heavy atom. The Morgan fingerprint density at radius 3 is 2.52 bits per heavy atom. The van der Waals surface area contributed by atoms with E-state index in [1.165, 1.54) is 0 Å². The molecule has 0 saturated carbocycles. The Balaban J connectivity index is 1.82. The molecule has 1 atom stereocenters. The van der Waals surface area contributed by atoms with Crippen LogP contribution in [0.5, 0.6) is 0 Å². The molecular weight excluding hydrogens is 298 g/mol. The van der Waals surface area contributed by atoms with Gasteiger partial charge in [-0.15, -0.1) is 0 Å². The molecule has 6 nitrogen and oxygen atoms in total. The van der Waals surface area contributed by atoms with Crippen LogP contribution in [0.15, 0.2) is 24.3 Å². The van der Waals surface area contributed by atoms with Gasteiger partial charge in [-0.3, -0.25) is 5.32 Å².